The molecule has 0 radical (unpaired) electrons. The average Bonchev–Trinajstić information content (AvgIpc) is 2.55. The molecule has 0 amide bonds. The standard InChI is InChI=1S/C17H19NO5S/c1-23-17-4-2-14(3-5-17)12-16(13-24(20,21)22)15-6-8-18(9-7-15)10-11-19/h2-9,12,19H,10-11,13H2,1H3/p+1. The van der Waals surface area contributed by atoms with Crippen molar-refractivity contribution in [3.05, 3.63) is 59.9 Å². The molecular formula is C17H20NO5S+. The molecule has 7 heteroatoms. The molecular weight excluding hydrogens is 330 g/mol. The molecule has 0 atom stereocenters. The lowest BCUT2D eigenvalue weighted by molar-refractivity contribution is -0.698. The Hall–Kier alpha value is -2.22. The lowest BCUT2D eigenvalue weighted by Crippen LogP contribution is -2.34. The smallest absolute Gasteiger partial charge is 0.269 e. The van der Waals surface area contributed by atoms with Crippen LogP contribution in [0, 0.1) is 0 Å². The molecule has 0 aliphatic rings. The van der Waals surface area contributed by atoms with E-state index in [2.05, 4.69) is 0 Å². The second kappa shape index (κ2) is 8.05. The zero-order valence-electron chi connectivity index (χ0n) is 13.3. The molecule has 0 fully saturated rings. The Bertz CT molecular complexity index is 796. The molecule has 24 heavy (non-hydrogen) atoms. The Labute approximate surface area is 141 Å². The second-order valence-electron chi connectivity index (χ2n) is 5.22. The van der Waals surface area contributed by atoms with Crippen LogP contribution in [0.5, 0.6) is 5.75 Å². The van der Waals surface area contributed by atoms with E-state index in [0.29, 0.717) is 23.4 Å². The van der Waals surface area contributed by atoms with Crippen LogP contribution >= 0.6 is 0 Å². The zero-order valence-corrected chi connectivity index (χ0v) is 14.1. The van der Waals surface area contributed by atoms with E-state index < -0.39 is 15.9 Å². The zero-order chi connectivity index (χ0) is 17.6. The predicted molar refractivity (Wildman–Crippen MR) is 91.0 cm³/mol. The minimum Gasteiger partial charge on any atom is -0.497 e. The van der Waals surface area contributed by atoms with E-state index in [1.807, 2.05) is 0 Å². The summed E-state index contributed by atoms with van der Waals surface area (Å²) in [6.45, 7) is 0.472. The van der Waals surface area contributed by atoms with Gasteiger partial charge in [-0.05, 0) is 28.8 Å². The summed E-state index contributed by atoms with van der Waals surface area (Å²) in [5.41, 5.74) is 1.94. The molecule has 1 aromatic heterocycles. The fourth-order valence-corrected chi connectivity index (χ4v) is 2.89. The molecule has 2 aromatic rings. The lowest BCUT2D eigenvalue weighted by Gasteiger charge is -2.07. The van der Waals surface area contributed by atoms with Crippen LogP contribution in [0.15, 0.2) is 48.8 Å². The number of hydrogen-bond donors (Lipinski definition) is 2. The summed E-state index contributed by atoms with van der Waals surface area (Å²) in [5, 5.41) is 8.93. The van der Waals surface area contributed by atoms with Gasteiger partial charge in [-0.3, -0.25) is 4.55 Å². The molecule has 0 aliphatic heterocycles. The Morgan fingerprint density at radius 1 is 1.17 bits per heavy atom. The van der Waals surface area contributed by atoms with Crippen molar-refractivity contribution in [2.45, 2.75) is 6.54 Å². The van der Waals surface area contributed by atoms with Crippen molar-refractivity contribution in [3.8, 4) is 5.75 Å². The van der Waals surface area contributed by atoms with Crippen LogP contribution in [0.3, 0.4) is 0 Å². The van der Waals surface area contributed by atoms with E-state index in [0.717, 1.165) is 5.56 Å². The number of hydrogen-bond acceptors (Lipinski definition) is 4. The van der Waals surface area contributed by atoms with Gasteiger partial charge in [0.15, 0.2) is 18.9 Å². The molecule has 0 spiro atoms. The van der Waals surface area contributed by atoms with Gasteiger partial charge < -0.3 is 9.84 Å². The van der Waals surface area contributed by atoms with Gasteiger partial charge in [-0.1, -0.05) is 18.2 Å². The summed E-state index contributed by atoms with van der Waals surface area (Å²) in [7, 11) is -2.59. The third-order valence-electron chi connectivity index (χ3n) is 3.41. The molecule has 128 valence electrons. The molecule has 2 N–H and O–H groups in total. The number of benzene rings is 1. The van der Waals surface area contributed by atoms with Gasteiger partial charge in [0, 0.05) is 12.1 Å². The highest BCUT2D eigenvalue weighted by Gasteiger charge is 2.13. The van der Waals surface area contributed by atoms with E-state index in [1.165, 1.54) is 0 Å². The molecule has 0 bridgehead atoms. The van der Waals surface area contributed by atoms with E-state index in [1.54, 1.807) is 66.5 Å². The average molecular weight is 350 g/mol. The quantitative estimate of drug-likeness (QED) is 0.582. The van der Waals surface area contributed by atoms with Crippen LogP contribution in [0.4, 0.5) is 0 Å². The number of aliphatic hydroxyl groups is 1. The number of ether oxygens (including phenoxy) is 1. The Morgan fingerprint density at radius 2 is 1.79 bits per heavy atom. The molecule has 6 nitrogen and oxygen atoms in total. The minimum absolute atomic E-state index is 0.0174. The highest BCUT2D eigenvalue weighted by Crippen LogP contribution is 2.21. The Kier molecular flexibility index (Phi) is 6.08. The van der Waals surface area contributed by atoms with Crippen molar-refractivity contribution in [2.24, 2.45) is 0 Å². The second-order valence-corrected chi connectivity index (χ2v) is 6.67. The number of rotatable bonds is 7. The van der Waals surface area contributed by atoms with E-state index in [-0.39, 0.29) is 6.61 Å². The fraction of sp³-hybridized carbons (Fsp3) is 0.235. The van der Waals surface area contributed by atoms with Crippen LogP contribution in [-0.4, -0.2) is 37.5 Å². The number of pyridine rings is 1. The van der Waals surface area contributed by atoms with Crippen LogP contribution in [-0.2, 0) is 16.7 Å². The maximum atomic E-state index is 11.3. The number of methoxy groups -OCH3 is 1. The van der Waals surface area contributed by atoms with Gasteiger partial charge >= 0.3 is 0 Å². The predicted octanol–water partition coefficient (Wildman–Crippen LogP) is 1.40. The molecule has 0 aliphatic carbocycles. The topological polar surface area (TPSA) is 87.7 Å². The van der Waals surface area contributed by atoms with E-state index in [9.17, 15) is 13.0 Å². The summed E-state index contributed by atoms with van der Waals surface area (Å²) in [6, 6.07) is 10.6. The van der Waals surface area contributed by atoms with Gasteiger partial charge in [-0.2, -0.15) is 8.42 Å². The normalized spacial score (nSPS) is 12.2. The van der Waals surface area contributed by atoms with Gasteiger partial charge in [-0.25, -0.2) is 4.57 Å². The maximum Gasteiger partial charge on any atom is 0.269 e. The van der Waals surface area contributed by atoms with Crippen molar-refractivity contribution in [1.29, 1.82) is 0 Å². The largest absolute Gasteiger partial charge is 0.497 e. The third kappa shape index (κ3) is 5.45. The van der Waals surface area contributed by atoms with Crippen molar-refractivity contribution in [3.63, 3.8) is 0 Å². The van der Waals surface area contributed by atoms with Crippen molar-refractivity contribution >= 4 is 21.8 Å². The fourth-order valence-electron chi connectivity index (χ4n) is 2.24. The summed E-state index contributed by atoms with van der Waals surface area (Å²) in [4.78, 5) is 0. The lowest BCUT2D eigenvalue weighted by atomic mass is 10.1. The van der Waals surface area contributed by atoms with Crippen LogP contribution in [0.25, 0.3) is 11.6 Å². The first-order valence-corrected chi connectivity index (χ1v) is 8.92. The first-order chi connectivity index (χ1) is 11.4. The Morgan fingerprint density at radius 3 is 2.29 bits per heavy atom. The van der Waals surface area contributed by atoms with E-state index in [4.69, 9.17) is 9.84 Å². The van der Waals surface area contributed by atoms with Gasteiger partial charge in [0.05, 0.1) is 7.11 Å². The minimum atomic E-state index is -4.16. The summed E-state index contributed by atoms with van der Waals surface area (Å²) >= 11 is 0. The highest BCUT2D eigenvalue weighted by molar-refractivity contribution is 7.86. The molecule has 0 unspecified atom stereocenters. The summed E-state index contributed by atoms with van der Waals surface area (Å²) < 4.78 is 38.8. The number of aromatic nitrogens is 1. The maximum absolute atomic E-state index is 11.3. The first kappa shape index (κ1) is 18.1. The summed E-state index contributed by atoms with van der Waals surface area (Å²) in [6.07, 6.45) is 5.20. The number of nitrogens with zero attached hydrogens (tertiary/aromatic N) is 1. The van der Waals surface area contributed by atoms with Gasteiger partial charge in [0.2, 0.25) is 0 Å². The van der Waals surface area contributed by atoms with Crippen LogP contribution in [0.1, 0.15) is 11.1 Å². The van der Waals surface area contributed by atoms with Gasteiger partial charge in [0.1, 0.15) is 18.1 Å². The van der Waals surface area contributed by atoms with Crippen LogP contribution in [0.2, 0.25) is 0 Å². The molecule has 2 rings (SSSR count). The van der Waals surface area contributed by atoms with Crippen molar-refractivity contribution in [1.82, 2.24) is 0 Å². The molecule has 1 aromatic carbocycles. The molecule has 1 heterocycles. The SMILES string of the molecule is COc1ccc(C=C(CS(=O)(=O)O)c2cc[n+](CCO)cc2)cc1. The van der Waals surface area contributed by atoms with E-state index >= 15 is 0 Å². The van der Waals surface area contributed by atoms with Crippen LogP contribution < -0.4 is 9.30 Å². The first-order valence-electron chi connectivity index (χ1n) is 7.31. The van der Waals surface area contributed by atoms with Gasteiger partial charge in [-0.15, -0.1) is 0 Å². The summed E-state index contributed by atoms with van der Waals surface area (Å²) in [5.74, 6) is 0.219. The number of aliphatic hydroxyl groups excluding tert-OH is 1. The Balaban J connectivity index is 2.37. The molecule has 0 saturated carbocycles. The van der Waals surface area contributed by atoms with Gasteiger partial charge in [0.25, 0.3) is 10.1 Å². The highest BCUT2D eigenvalue weighted by atomic mass is 32.2. The third-order valence-corrected chi connectivity index (χ3v) is 4.09. The molecule has 0 saturated heterocycles. The van der Waals surface area contributed by atoms with Crippen molar-refractivity contribution in [2.75, 3.05) is 19.5 Å². The monoisotopic (exact) mass is 350 g/mol. The van der Waals surface area contributed by atoms with Crippen molar-refractivity contribution < 1.29 is 27.4 Å².